The molecule has 0 bridgehead atoms. The van der Waals surface area contributed by atoms with E-state index in [1.807, 2.05) is 4.90 Å². The fourth-order valence-electron chi connectivity index (χ4n) is 2.56. The summed E-state index contributed by atoms with van der Waals surface area (Å²) in [5.74, 6) is 0.184. The first-order chi connectivity index (χ1) is 9.19. The monoisotopic (exact) mass is 270 g/mol. The number of nitrogens with zero attached hydrogens (tertiary/aromatic N) is 1. The zero-order chi connectivity index (χ0) is 14.1. The van der Waals surface area contributed by atoms with Crippen LogP contribution in [0.25, 0.3) is 0 Å². The van der Waals surface area contributed by atoms with Gasteiger partial charge in [-0.25, -0.2) is 0 Å². The van der Waals surface area contributed by atoms with Crippen molar-refractivity contribution in [3.63, 3.8) is 0 Å². The van der Waals surface area contributed by atoms with E-state index in [9.17, 15) is 9.90 Å². The van der Waals surface area contributed by atoms with Gasteiger partial charge in [-0.15, -0.1) is 0 Å². The lowest BCUT2D eigenvalue weighted by Crippen LogP contribution is -2.44. The van der Waals surface area contributed by atoms with Gasteiger partial charge >= 0.3 is 0 Å². The first kappa shape index (κ1) is 16.4. The van der Waals surface area contributed by atoms with E-state index >= 15 is 0 Å². The van der Waals surface area contributed by atoms with Gasteiger partial charge in [-0.05, 0) is 19.3 Å². The molecule has 1 heterocycles. The summed E-state index contributed by atoms with van der Waals surface area (Å²) < 4.78 is 0. The van der Waals surface area contributed by atoms with E-state index < -0.39 is 0 Å². The second-order valence-corrected chi connectivity index (χ2v) is 5.59. The molecule has 19 heavy (non-hydrogen) atoms. The predicted molar refractivity (Wildman–Crippen MR) is 78.0 cm³/mol. The molecule has 0 aromatic carbocycles. The highest BCUT2D eigenvalue weighted by molar-refractivity contribution is 5.82. The maximum Gasteiger partial charge on any atom is 0.239 e. The van der Waals surface area contributed by atoms with Crippen molar-refractivity contribution in [3.05, 3.63) is 0 Å². The number of aliphatic hydroxyl groups is 1. The Balaban J connectivity index is 2.42. The molecule has 1 aliphatic rings. The Kier molecular flexibility index (Phi) is 8.07. The van der Waals surface area contributed by atoms with E-state index in [1.165, 1.54) is 25.7 Å². The Morgan fingerprint density at radius 1 is 1.16 bits per heavy atom. The van der Waals surface area contributed by atoms with Gasteiger partial charge in [-0.1, -0.05) is 39.5 Å². The molecular formula is C15H30N2O2. The summed E-state index contributed by atoms with van der Waals surface area (Å²) >= 11 is 0. The summed E-state index contributed by atoms with van der Waals surface area (Å²) in [5.41, 5.74) is 0. The van der Waals surface area contributed by atoms with Crippen LogP contribution in [0.1, 0.15) is 58.8 Å². The summed E-state index contributed by atoms with van der Waals surface area (Å²) in [6, 6.07) is -0.168. The van der Waals surface area contributed by atoms with Crippen molar-refractivity contribution >= 4 is 5.91 Å². The van der Waals surface area contributed by atoms with Crippen LogP contribution in [0, 0.1) is 0 Å². The van der Waals surface area contributed by atoms with Crippen LogP contribution < -0.4 is 5.32 Å². The average molecular weight is 270 g/mol. The van der Waals surface area contributed by atoms with Crippen LogP contribution in [0.4, 0.5) is 0 Å². The molecule has 112 valence electrons. The molecule has 0 spiro atoms. The van der Waals surface area contributed by atoms with Gasteiger partial charge in [0.15, 0.2) is 0 Å². The summed E-state index contributed by atoms with van der Waals surface area (Å²) in [4.78, 5) is 14.4. The average Bonchev–Trinajstić information content (AvgIpc) is 2.83. The van der Waals surface area contributed by atoms with Crippen molar-refractivity contribution in [2.45, 2.75) is 70.9 Å². The number of hydrogen-bond donors (Lipinski definition) is 2. The lowest BCUT2D eigenvalue weighted by atomic mass is 10.1. The molecule has 0 aromatic heterocycles. The third-order valence-corrected chi connectivity index (χ3v) is 3.78. The third kappa shape index (κ3) is 5.91. The Bertz CT molecular complexity index is 249. The Morgan fingerprint density at radius 2 is 1.74 bits per heavy atom. The van der Waals surface area contributed by atoms with E-state index in [-0.39, 0.29) is 18.1 Å². The second-order valence-electron chi connectivity index (χ2n) is 5.59. The molecule has 4 heteroatoms. The first-order valence-corrected chi connectivity index (χ1v) is 7.89. The molecule has 2 atom stereocenters. The van der Waals surface area contributed by atoms with Crippen molar-refractivity contribution < 1.29 is 9.90 Å². The van der Waals surface area contributed by atoms with E-state index in [0.29, 0.717) is 13.0 Å². The smallest absolute Gasteiger partial charge is 0.239 e. The summed E-state index contributed by atoms with van der Waals surface area (Å²) in [7, 11) is 0. The number of hydrogen-bond acceptors (Lipinski definition) is 3. The Hall–Kier alpha value is -0.610. The van der Waals surface area contributed by atoms with Crippen molar-refractivity contribution in [3.8, 4) is 0 Å². The van der Waals surface area contributed by atoms with E-state index in [1.54, 1.807) is 0 Å². The van der Waals surface area contributed by atoms with Gasteiger partial charge in [-0.3, -0.25) is 4.79 Å². The molecule has 1 amide bonds. The molecular weight excluding hydrogens is 240 g/mol. The van der Waals surface area contributed by atoms with Gasteiger partial charge in [-0.2, -0.15) is 0 Å². The van der Waals surface area contributed by atoms with Gasteiger partial charge in [0.25, 0.3) is 0 Å². The number of carbonyl (C=O) groups is 1. The zero-order valence-electron chi connectivity index (χ0n) is 12.5. The third-order valence-electron chi connectivity index (χ3n) is 3.78. The molecule has 2 unspecified atom stereocenters. The summed E-state index contributed by atoms with van der Waals surface area (Å²) in [6.45, 7) is 6.64. The van der Waals surface area contributed by atoms with Gasteiger partial charge < -0.3 is 15.3 Å². The molecule has 1 saturated heterocycles. The predicted octanol–water partition coefficient (Wildman–Crippen LogP) is 1.92. The molecule has 2 N–H and O–H groups in total. The molecule has 0 radical (unpaired) electrons. The summed E-state index contributed by atoms with van der Waals surface area (Å²) in [6.07, 6.45) is 7.09. The Morgan fingerprint density at radius 3 is 2.16 bits per heavy atom. The number of rotatable bonds is 9. The molecule has 0 aliphatic carbocycles. The normalized spacial score (nSPS) is 22.7. The maximum absolute atomic E-state index is 12.4. The standard InChI is InChI=1S/C15H30N2O2/c1-3-5-7-9-17(10-8-6-4-2)15(19)14-11-13(18)12-16-14/h13-14,16,18H,3-12H2,1-2H3. The number of unbranched alkanes of at least 4 members (excludes halogenated alkanes) is 4. The highest BCUT2D eigenvalue weighted by Gasteiger charge is 2.30. The van der Waals surface area contributed by atoms with Crippen LogP contribution >= 0.6 is 0 Å². The molecule has 1 fully saturated rings. The van der Waals surface area contributed by atoms with Crippen molar-refractivity contribution in [2.75, 3.05) is 19.6 Å². The lowest BCUT2D eigenvalue weighted by molar-refractivity contribution is -0.133. The highest BCUT2D eigenvalue weighted by Crippen LogP contribution is 2.12. The minimum absolute atomic E-state index is 0.168. The highest BCUT2D eigenvalue weighted by atomic mass is 16.3. The van der Waals surface area contributed by atoms with Crippen LogP contribution in [0.5, 0.6) is 0 Å². The minimum atomic E-state index is -0.359. The van der Waals surface area contributed by atoms with Crippen molar-refractivity contribution in [1.82, 2.24) is 10.2 Å². The van der Waals surface area contributed by atoms with Crippen LogP contribution in [-0.4, -0.2) is 47.7 Å². The summed E-state index contributed by atoms with van der Waals surface area (Å²) in [5, 5.41) is 12.7. The van der Waals surface area contributed by atoms with Gasteiger partial charge in [0.1, 0.15) is 0 Å². The maximum atomic E-state index is 12.4. The van der Waals surface area contributed by atoms with Crippen LogP contribution in [-0.2, 0) is 4.79 Å². The van der Waals surface area contributed by atoms with Crippen LogP contribution in [0.2, 0.25) is 0 Å². The number of β-amino-alcohol motifs (C(OH)–C–C–N with tert-alkyl or cyclic N) is 1. The van der Waals surface area contributed by atoms with Gasteiger partial charge in [0.2, 0.25) is 5.91 Å². The number of nitrogens with one attached hydrogen (secondary N) is 1. The topological polar surface area (TPSA) is 52.6 Å². The van der Waals surface area contributed by atoms with Crippen LogP contribution in [0.15, 0.2) is 0 Å². The lowest BCUT2D eigenvalue weighted by Gasteiger charge is -2.25. The van der Waals surface area contributed by atoms with E-state index in [2.05, 4.69) is 19.2 Å². The molecule has 1 aliphatic heterocycles. The number of amides is 1. The van der Waals surface area contributed by atoms with Gasteiger partial charge in [0.05, 0.1) is 12.1 Å². The fourth-order valence-corrected chi connectivity index (χ4v) is 2.56. The molecule has 0 aromatic rings. The molecule has 0 saturated carbocycles. The fraction of sp³-hybridized carbons (Fsp3) is 0.933. The minimum Gasteiger partial charge on any atom is -0.392 e. The quantitative estimate of drug-likeness (QED) is 0.629. The molecule has 4 nitrogen and oxygen atoms in total. The van der Waals surface area contributed by atoms with E-state index in [4.69, 9.17) is 0 Å². The SMILES string of the molecule is CCCCCN(CCCCC)C(=O)C1CC(O)CN1. The Labute approximate surface area is 117 Å². The second kappa shape index (κ2) is 9.32. The zero-order valence-corrected chi connectivity index (χ0v) is 12.5. The van der Waals surface area contributed by atoms with Crippen molar-refractivity contribution in [1.29, 1.82) is 0 Å². The van der Waals surface area contributed by atoms with Crippen molar-refractivity contribution in [2.24, 2.45) is 0 Å². The number of carbonyl (C=O) groups excluding carboxylic acids is 1. The largest absolute Gasteiger partial charge is 0.392 e. The first-order valence-electron chi connectivity index (χ1n) is 7.89. The van der Waals surface area contributed by atoms with Crippen LogP contribution in [0.3, 0.4) is 0 Å². The molecule has 1 rings (SSSR count). The van der Waals surface area contributed by atoms with E-state index in [0.717, 1.165) is 25.9 Å². The number of aliphatic hydroxyl groups excluding tert-OH is 1. The van der Waals surface area contributed by atoms with Gasteiger partial charge in [0, 0.05) is 19.6 Å².